The fourth-order valence-electron chi connectivity index (χ4n) is 2.81. The molecule has 1 aromatic rings. The van der Waals surface area contributed by atoms with Crippen LogP contribution in [0.3, 0.4) is 0 Å². The van der Waals surface area contributed by atoms with Gasteiger partial charge in [-0.2, -0.15) is 0 Å². The molecule has 3 nitrogen and oxygen atoms in total. The van der Waals surface area contributed by atoms with E-state index >= 15 is 0 Å². The number of hydrogen-bond donors (Lipinski definition) is 1. The maximum absolute atomic E-state index is 13.7. The number of rotatable bonds is 6. The van der Waals surface area contributed by atoms with Crippen molar-refractivity contribution in [3.63, 3.8) is 0 Å². The van der Waals surface area contributed by atoms with Crippen molar-refractivity contribution in [2.24, 2.45) is 5.92 Å². The third-order valence-electron chi connectivity index (χ3n) is 3.84. The van der Waals surface area contributed by atoms with E-state index in [9.17, 15) is 9.18 Å². The summed E-state index contributed by atoms with van der Waals surface area (Å²) < 4.78 is 13.7. The van der Waals surface area contributed by atoms with Crippen LogP contribution >= 0.6 is 0 Å². The Morgan fingerprint density at radius 2 is 2.19 bits per heavy atom. The van der Waals surface area contributed by atoms with Gasteiger partial charge in [-0.1, -0.05) is 32.0 Å². The highest BCUT2D eigenvalue weighted by Gasteiger charge is 2.22. The highest BCUT2D eigenvalue weighted by atomic mass is 19.1. The summed E-state index contributed by atoms with van der Waals surface area (Å²) in [7, 11) is 0. The number of benzene rings is 1. The summed E-state index contributed by atoms with van der Waals surface area (Å²) in [5.41, 5.74) is 0.482. The van der Waals surface area contributed by atoms with E-state index in [1.165, 1.54) is 12.5 Å². The summed E-state index contributed by atoms with van der Waals surface area (Å²) in [6, 6.07) is 6.91. The van der Waals surface area contributed by atoms with Gasteiger partial charge in [-0.05, 0) is 36.9 Å². The fourth-order valence-corrected chi connectivity index (χ4v) is 2.81. The van der Waals surface area contributed by atoms with Gasteiger partial charge in [-0.25, -0.2) is 4.39 Å². The van der Waals surface area contributed by atoms with Crippen LogP contribution in [0.2, 0.25) is 0 Å². The Balaban J connectivity index is 2.01. The number of amides is 1. The van der Waals surface area contributed by atoms with Crippen LogP contribution in [0.15, 0.2) is 24.3 Å². The van der Waals surface area contributed by atoms with Gasteiger partial charge in [0.05, 0.1) is 6.42 Å². The number of carbonyl (C=O) groups excluding carboxylic acids is 1. The van der Waals surface area contributed by atoms with Crippen LogP contribution in [-0.2, 0) is 11.2 Å². The molecule has 1 atom stereocenters. The van der Waals surface area contributed by atoms with Crippen molar-refractivity contribution in [3.05, 3.63) is 35.6 Å². The lowest BCUT2D eigenvalue weighted by molar-refractivity contribution is -0.131. The molecule has 1 heterocycles. The van der Waals surface area contributed by atoms with Crippen molar-refractivity contribution >= 4 is 5.91 Å². The molecule has 1 aromatic carbocycles. The summed E-state index contributed by atoms with van der Waals surface area (Å²) in [6.45, 7) is 6.69. The first-order valence-electron chi connectivity index (χ1n) is 7.81. The Morgan fingerprint density at radius 3 is 2.81 bits per heavy atom. The van der Waals surface area contributed by atoms with E-state index in [0.717, 1.165) is 26.1 Å². The minimum atomic E-state index is -0.297. The molecular formula is C17H25FN2O. The van der Waals surface area contributed by atoms with Crippen molar-refractivity contribution in [2.45, 2.75) is 39.2 Å². The zero-order valence-corrected chi connectivity index (χ0v) is 12.9. The molecule has 1 aliphatic rings. The lowest BCUT2D eigenvalue weighted by atomic mass is 10.1. The molecule has 1 amide bonds. The third kappa shape index (κ3) is 4.81. The van der Waals surface area contributed by atoms with Crippen LogP contribution in [0, 0.1) is 11.7 Å². The van der Waals surface area contributed by atoms with E-state index in [4.69, 9.17) is 0 Å². The van der Waals surface area contributed by atoms with E-state index < -0.39 is 0 Å². The molecule has 116 valence electrons. The second kappa shape index (κ2) is 7.55. The van der Waals surface area contributed by atoms with E-state index in [0.29, 0.717) is 17.5 Å². The highest BCUT2D eigenvalue weighted by molar-refractivity contribution is 5.78. The van der Waals surface area contributed by atoms with Crippen LogP contribution in [0.5, 0.6) is 0 Å². The topological polar surface area (TPSA) is 32.3 Å². The molecule has 2 rings (SSSR count). The minimum Gasteiger partial charge on any atom is -0.341 e. The maximum atomic E-state index is 13.7. The SMILES string of the molecule is CC(C)CN(CC1CCCN1)C(=O)Cc1ccccc1F. The largest absolute Gasteiger partial charge is 0.341 e. The second-order valence-corrected chi connectivity index (χ2v) is 6.25. The van der Waals surface area contributed by atoms with Gasteiger partial charge in [0.1, 0.15) is 5.82 Å². The zero-order chi connectivity index (χ0) is 15.2. The molecule has 1 aliphatic heterocycles. The molecule has 0 aromatic heterocycles. The number of hydrogen-bond acceptors (Lipinski definition) is 2. The molecule has 1 N–H and O–H groups in total. The Labute approximate surface area is 126 Å². The molecule has 0 aliphatic carbocycles. The zero-order valence-electron chi connectivity index (χ0n) is 12.9. The smallest absolute Gasteiger partial charge is 0.227 e. The Hall–Kier alpha value is -1.42. The molecule has 0 saturated carbocycles. The van der Waals surface area contributed by atoms with Gasteiger partial charge < -0.3 is 10.2 Å². The van der Waals surface area contributed by atoms with Crippen molar-refractivity contribution in [1.29, 1.82) is 0 Å². The van der Waals surface area contributed by atoms with Crippen LogP contribution < -0.4 is 5.32 Å². The van der Waals surface area contributed by atoms with Crippen molar-refractivity contribution in [2.75, 3.05) is 19.6 Å². The Morgan fingerprint density at radius 1 is 1.43 bits per heavy atom. The minimum absolute atomic E-state index is 0.0162. The van der Waals surface area contributed by atoms with Gasteiger partial charge >= 0.3 is 0 Å². The van der Waals surface area contributed by atoms with Gasteiger partial charge in [-0.15, -0.1) is 0 Å². The van der Waals surface area contributed by atoms with E-state index in [1.54, 1.807) is 18.2 Å². The molecule has 0 radical (unpaired) electrons. The number of halogens is 1. The number of nitrogens with one attached hydrogen (secondary N) is 1. The Bertz CT molecular complexity index is 470. The first-order chi connectivity index (χ1) is 10.1. The molecule has 4 heteroatoms. The van der Waals surface area contributed by atoms with Gasteiger partial charge in [0, 0.05) is 19.1 Å². The second-order valence-electron chi connectivity index (χ2n) is 6.25. The predicted molar refractivity (Wildman–Crippen MR) is 82.5 cm³/mol. The van der Waals surface area contributed by atoms with Gasteiger partial charge in [0.25, 0.3) is 0 Å². The summed E-state index contributed by atoms with van der Waals surface area (Å²) in [6.07, 6.45) is 2.43. The molecular weight excluding hydrogens is 267 g/mol. The highest BCUT2D eigenvalue weighted by Crippen LogP contribution is 2.13. The standard InChI is InChI=1S/C17H25FN2O/c1-13(2)11-20(12-15-7-5-9-19-15)17(21)10-14-6-3-4-8-16(14)18/h3-4,6,8,13,15,19H,5,7,9-12H2,1-2H3. The van der Waals surface area contributed by atoms with Crippen molar-refractivity contribution in [1.82, 2.24) is 10.2 Å². The van der Waals surface area contributed by atoms with Crippen LogP contribution in [-0.4, -0.2) is 36.5 Å². The van der Waals surface area contributed by atoms with E-state index in [2.05, 4.69) is 19.2 Å². The molecule has 0 bridgehead atoms. The van der Waals surface area contributed by atoms with Gasteiger partial charge in [0.15, 0.2) is 0 Å². The summed E-state index contributed by atoms with van der Waals surface area (Å²) in [5.74, 6) is 0.132. The quantitative estimate of drug-likeness (QED) is 0.874. The van der Waals surface area contributed by atoms with Crippen LogP contribution in [0.4, 0.5) is 4.39 Å². The maximum Gasteiger partial charge on any atom is 0.227 e. The first-order valence-corrected chi connectivity index (χ1v) is 7.81. The normalized spacial score (nSPS) is 18.2. The lowest BCUT2D eigenvalue weighted by Gasteiger charge is -2.27. The van der Waals surface area contributed by atoms with Crippen molar-refractivity contribution < 1.29 is 9.18 Å². The van der Waals surface area contributed by atoms with E-state index in [-0.39, 0.29) is 18.1 Å². The number of carbonyl (C=O) groups is 1. The van der Waals surface area contributed by atoms with Crippen LogP contribution in [0.1, 0.15) is 32.3 Å². The van der Waals surface area contributed by atoms with Gasteiger partial charge in [-0.3, -0.25) is 4.79 Å². The summed E-state index contributed by atoms with van der Waals surface area (Å²) in [5, 5.41) is 3.42. The molecule has 1 saturated heterocycles. The first kappa shape index (κ1) is 16.0. The number of nitrogens with zero attached hydrogens (tertiary/aromatic N) is 1. The monoisotopic (exact) mass is 292 g/mol. The average Bonchev–Trinajstić information content (AvgIpc) is 2.93. The molecule has 1 fully saturated rings. The van der Waals surface area contributed by atoms with Crippen LogP contribution in [0.25, 0.3) is 0 Å². The van der Waals surface area contributed by atoms with Crippen molar-refractivity contribution in [3.8, 4) is 0 Å². The molecule has 1 unspecified atom stereocenters. The fraction of sp³-hybridized carbons (Fsp3) is 0.588. The van der Waals surface area contributed by atoms with E-state index in [1.807, 2.05) is 4.90 Å². The lowest BCUT2D eigenvalue weighted by Crippen LogP contribution is -2.43. The predicted octanol–water partition coefficient (Wildman–Crippen LogP) is 2.60. The van der Waals surface area contributed by atoms with Gasteiger partial charge in [0.2, 0.25) is 5.91 Å². The molecule has 21 heavy (non-hydrogen) atoms. The third-order valence-corrected chi connectivity index (χ3v) is 3.84. The summed E-state index contributed by atoms with van der Waals surface area (Å²) >= 11 is 0. The Kier molecular flexibility index (Phi) is 5.74. The molecule has 0 spiro atoms. The average molecular weight is 292 g/mol. The summed E-state index contributed by atoms with van der Waals surface area (Å²) in [4.78, 5) is 14.4.